The molecule has 114 valence electrons. The van der Waals surface area contributed by atoms with Crippen molar-refractivity contribution in [1.82, 2.24) is 9.88 Å². The van der Waals surface area contributed by atoms with E-state index in [2.05, 4.69) is 28.3 Å². The largest absolute Gasteiger partial charge is 0.395 e. The average molecular weight is 288 g/mol. The molecule has 0 spiro atoms. The third-order valence-corrected chi connectivity index (χ3v) is 4.52. The van der Waals surface area contributed by atoms with Gasteiger partial charge in [0.15, 0.2) is 0 Å². The Morgan fingerprint density at radius 3 is 2.71 bits per heavy atom. The van der Waals surface area contributed by atoms with Crippen LogP contribution in [0.1, 0.15) is 37.7 Å². The number of rotatable bonds is 6. The summed E-state index contributed by atoms with van der Waals surface area (Å²) in [6, 6.07) is 5.70. The molecule has 1 fully saturated rings. The molecule has 0 bridgehead atoms. The molecule has 5 heteroatoms. The zero-order valence-electron chi connectivity index (χ0n) is 12.7. The van der Waals surface area contributed by atoms with E-state index in [-0.39, 0.29) is 12.1 Å². The standard InChI is InChI=1S/C16H24N4O/c1-20(9-10-21)16(7-3-2-4-8-16)13-19-15-6-5-14(11-17)12-18-15/h5-6,12,21H,2-4,7-10,13H2,1H3,(H,18,19). The van der Waals surface area contributed by atoms with Crippen LogP contribution in [0.15, 0.2) is 18.3 Å². The minimum Gasteiger partial charge on any atom is -0.395 e. The van der Waals surface area contributed by atoms with Crippen LogP contribution in [0.3, 0.4) is 0 Å². The molecule has 0 aromatic carbocycles. The molecule has 0 amide bonds. The van der Waals surface area contributed by atoms with Gasteiger partial charge < -0.3 is 10.4 Å². The van der Waals surface area contributed by atoms with Gasteiger partial charge in [0.2, 0.25) is 0 Å². The van der Waals surface area contributed by atoms with Crippen LogP contribution in [0.25, 0.3) is 0 Å². The Morgan fingerprint density at radius 1 is 1.38 bits per heavy atom. The van der Waals surface area contributed by atoms with E-state index in [9.17, 15) is 5.11 Å². The number of nitrogens with one attached hydrogen (secondary N) is 1. The van der Waals surface area contributed by atoms with Crippen molar-refractivity contribution in [1.29, 1.82) is 5.26 Å². The van der Waals surface area contributed by atoms with E-state index in [1.807, 2.05) is 6.07 Å². The molecule has 1 saturated carbocycles. The molecule has 0 atom stereocenters. The molecular formula is C16H24N4O. The van der Waals surface area contributed by atoms with Gasteiger partial charge >= 0.3 is 0 Å². The van der Waals surface area contributed by atoms with Gasteiger partial charge in [-0.25, -0.2) is 4.98 Å². The normalized spacial score (nSPS) is 17.4. The molecule has 5 nitrogen and oxygen atoms in total. The number of hydrogen-bond acceptors (Lipinski definition) is 5. The number of nitriles is 1. The first-order valence-electron chi connectivity index (χ1n) is 7.62. The van der Waals surface area contributed by atoms with E-state index in [1.165, 1.54) is 19.3 Å². The van der Waals surface area contributed by atoms with Gasteiger partial charge in [-0.15, -0.1) is 0 Å². The predicted octanol–water partition coefficient (Wildman–Crippen LogP) is 1.99. The minimum absolute atomic E-state index is 0.0938. The van der Waals surface area contributed by atoms with Gasteiger partial charge in [0, 0.05) is 24.8 Å². The lowest BCUT2D eigenvalue weighted by Crippen LogP contribution is -2.53. The van der Waals surface area contributed by atoms with Crippen molar-refractivity contribution in [3.05, 3.63) is 23.9 Å². The zero-order chi connectivity index (χ0) is 15.1. The van der Waals surface area contributed by atoms with Crippen molar-refractivity contribution in [2.24, 2.45) is 0 Å². The molecule has 0 aliphatic heterocycles. The molecule has 1 aliphatic carbocycles. The molecule has 0 radical (unpaired) electrons. The van der Waals surface area contributed by atoms with Crippen LogP contribution >= 0.6 is 0 Å². The van der Waals surface area contributed by atoms with E-state index < -0.39 is 0 Å². The highest BCUT2D eigenvalue weighted by atomic mass is 16.3. The summed E-state index contributed by atoms with van der Waals surface area (Å²) >= 11 is 0. The number of aliphatic hydroxyl groups is 1. The van der Waals surface area contributed by atoms with Gasteiger partial charge in [0.1, 0.15) is 11.9 Å². The maximum Gasteiger partial charge on any atom is 0.126 e. The van der Waals surface area contributed by atoms with Crippen LogP contribution < -0.4 is 5.32 Å². The number of nitrogens with zero attached hydrogens (tertiary/aromatic N) is 3. The summed E-state index contributed by atoms with van der Waals surface area (Å²) in [5, 5.41) is 21.4. The van der Waals surface area contributed by atoms with Gasteiger partial charge in [-0.2, -0.15) is 5.26 Å². The Morgan fingerprint density at radius 2 is 2.14 bits per heavy atom. The molecule has 1 aliphatic rings. The molecular weight excluding hydrogens is 264 g/mol. The second-order valence-electron chi connectivity index (χ2n) is 5.83. The molecule has 2 rings (SSSR count). The molecule has 2 N–H and O–H groups in total. The summed E-state index contributed by atoms with van der Waals surface area (Å²) in [7, 11) is 2.09. The van der Waals surface area contributed by atoms with Gasteiger partial charge in [-0.05, 0) is 32.0 Å². The fourth-order valence-electron chi connectivity index (χ4n) is 3.11. The van der Waals surface area contributed by atoms with Crippen LogP contribution in [-0.2, 0) is 0 Å². The second-order valence-corrected chi connectivity index (χ2v) is 5.83. The smallest absolute Gasteiger partial charge is 0.126 e. The van der Waals surface area contributed by atoms with Crippen molar-refractivity contribution in [2.75, 3.05) is 32.1 Å². The van der Waals surface area contributed by atoms with E-state index >= 15 is 0 Å². The van der Waals surface area contributed by atoms with Gasteiger partial charge in [0.25, 0.3) is 0 Å². The average Bonchev–Trinajstić information content (AvgIpc) is 2.54. The third kappa shape index (κ3) is 3.93. The summed E-state index contributed by atoms with van der Waals surface area (Å²) in [5.41, 5.74) is 0.668. The Hall–Kier alpha value is -1.64. The van der Waals surface area contributed by atoms with Crippen LogP contribution in [0.2, 0.25) is 0 Å². The Labute approximate surface area is 126 Å². The first-order chi connectivity index (χ1) is 10.2. The summed E-state index contributed by atoms with van der Waals surface area (Å²) in [6.45, 7) is 1.71. The summed E-state index contributed by atoms with van der Waals surface area (Å²) in [6.07, 6.45) is 7.65. The van der Waals surface area contributed by atoms with Crippen LogP contribution in [0.5, 0.6) is 0 Å². The molecule has 0 unspecified atom stereocenters. The molecule has 1 aromatic rings. The lowest BCUT2D eigenvalue weighted by atomic mass is 9.80. The molecule has 1 aromatic heterocycles. The number of hydrogen-bond donors (Lipinski definition) is 2. The first kappa shape index (κ1) is 15.7. The molecule has 0 saturated heterocycles. The summed E-state index contributed by atoms with van der Waals surface area (Å²) in [4.78, 5) is 6.55. The van der Waals surface area contributed by atoms with Gasteiger partial charge in [-0.1, -0.05) is 19.3 Å². The highest BCUT2D eigenvalue weighted by Gasteiger charge is 2.35. The Balaban J connectivity index is 2.02. The monoisotopic (exact) mass is 288 g/mol. The summed E-state index contributed by atoms with van der Waals surface area (Å²) < 4.78 is 0. The maximum atomic E-state index is 9.22. The van der Waals surface area contributed by atoms with E-state index in [0.29, 0.717) is 12.1 Å². The van der Waals surface area contributed by atoms with Crippen LogP contribution in [-0.4, -0.2) is 47.3 Å². The van der Waals surface area contributed by atoms with Crippen molar-refractivity contribution in [2.45, 2.75) is 37.6 Å². The minimum atomic E-state index is 0.0938. The third-order valence-electron chi connectivity index (χ3n) is 4.52. The van der Waals surface area contributed by atoms with Crippen molar-refractivity contribution in [3.8, 4) is 6.07 Å². The zero-order valence-corrected chi connectivity index (χ0v) is 12.7. The number of pyridine rings is 1. The van der Waals surface area contributed by atoms with E-state index in [0.717, 1.165) is 25.2 Å². The second kappa shape index (κ2) is 7.39. The maximum absolute atomic E-state index is 9.22. The lowest BCUT2D eigenvalue weighted by molar-refractivity contribution is 0.0690. The Kier molecular flexibility index (Phi) is 5.54. The first-order valence-corrected chi connectivity index (χ1v) is 7.62. The predicted molar refractivity (Wildman–Crippen MR) is 83.0 cm³/mol. The van der Waals surface area contributed by atoms with Crippen molar-refractivity contribution >= 4 is 5.82 Å². The Bertz CT molecular complexity index is 474. The van der Waals surface area contributed by atoms with Crippen molar-refractivity contribution < 1.29 is 5.11 Å². The SMILES string of the molecule is CN(CCO)C1(CNc2ccc(C#N)cn2)CCCCC1. The number of aromatic nitrogens is 1. The number of aliphatic hydroxyl groups excluding tert-OH is 1. The fraction of sp³-hybridized carbons (Fsp3) is 0.625. The van der Waals surface area contributed by atoms with E-state index in [4.69, 9.17) is 5.26 Å². The lowest BCUT2D eigenvalue weighted by Gasteiger charge is -2.45. The fourth-order valence-corrected chi connectivity index (χ4v) is 3.11. The molecule has 21 heavy (non-hydrogen) atoms. The van der Waals surface area contributed by atoms with Crippen LogP contribution in [0, 0.1) is 11.3 Å². The van der Waals surface area contributed by atoms with Gasteiger partial charge in [-0.3, -0.25) is 4.90 Å². The van der Waals surface area contributed by atoms with E-state index in [1.54, 1.807) is 12.3 Å². The van der Waals surface area contributed by atoms with Gasteiger partial charge in [0.05, 0.1) is 12.2 Å². The quantitative estimate of drug-likeness (QED) is 0.837. The highest BCUT2D eigenvalue weighted by Crippen LogP contribution is 2.33. The molecule has 1 heterocycles. The number of anilines is 1. The van der Waals surface area contributed by atoms with Crippen molar-refractivity contribution in [3.63, 3.8) is 0 Å². The van der Waals surface area contributed by atoms with Crippen LogP contribution in [0.4, 0.5) is 5.82 Å². The topological polar surface area (TPSA) is 72.2 Å². The highest BCUT2D eigenvalue weighted by molar-refractivity contribution is 5.39. The number of likely N-dealkylation sites (N-methyl/N-ethyl adjacent to an activating group) is 1. The summed E-state index contributed by atoms with van der Waals surface area (Å²) in [5.74, 6) is 0.802. The number of β-amino-alcohol motifs (C(OH)–C–C–N with tert-alkyl or cyclic N) is 1.